The van der Waals surface area contributed by atoms with E-state index in [1.807, 2.05) is 5.38 Å². The predicted octanol–water partition coefficient (Wildman–Crippen LogP) is 4.33. The number of thiophene rings is 1. The van der Waals surface area contributed by atoms with Gasteiger partial charge in [-0.15, -0.1) is 11.3 Å². The van der Waals surface area contributed by atoms with Crippen LogP contribution >= 0.6 is 22.9 Å². The fourth-order valence-corrected chi connectivity index (χ4v) is 4.43. The zero-order valence-electron chi connectivity index (χ0n) is 14.6. The van der Waals surface area contributed by atoms with Crippen LogP contribution < -0.4 is 10.1 Å². The van der Waals surface area contributed by atoms with Crippen molar-refractivity contribution >= 4 is 40.5 Å². The Morgan fingerprint density at radius 3 is 2.96 bits per heavy atom. The summed E-state index contributed by atoms with van der Waals surface area (Å²) in [5.41, 5.74) is 2.10. The lowest BCUT2D eigenvalue weighted by Gasteiger charge is -2.18. The molecule has 0 unspecified atom stereocenters. The highest BCUT2D eigenvalue weighted by Gasteiger charge is 2.24. The van der Waals surface area contributed by atoms with E-state index in [0.29, 0.717) is 27.9 Å². The number of fused-ring (bicyclic) bond motifs is 1. The van der Waals surface area contributed by atoms with Crippen molar-refractivity contribution in [3.8, 4) is 5.75 Å². The van der Waals surface area contributed by atoms with E-state index < -0.39 is 11.9 Å². The summed E-state index contributed by atoms with van der Waals surface area (Å²) in [7, 11) is 1.50. The Bertz CT molecular complexity index is 833. The van der Waals surface area contributed by atoms with Gasteiger partial charge in [-0.3, -0.25) is 4.79 Å². The van der Waals surface area contributed by atoms with E-state index in [2.05, 4.69) is 12.2 Å². The molecule has 0 fully saturated rings. The molecule has 1 heterocycles. The Labute approximate surface area is 161 Å². The molecule has 1 aliphatic carbocycles. The fraction of sp³-hybridized carbons (Fsp3) is 0.368. The van der Waals surface area contributed by atoms with Crippen LogP contribution in [0.5, 0.6) is 5.75 Å². The minimum absolute atomic E-state index is 0.366. The summed E-state index contributed by atoms with van der Waals surface area (Å²) in [6.07, 6.45) is 2.96. The monoisotopic (exact) mass is 393 g/mol. The van der Waals surface area contributed by atoms with Gasteiger partial charge in [0.05, 0.1) is 18.4 Å². The van der Waals surface area contributed by atoms with Crippen LogP contribution in [-0.2, 0) is 22.4 Å². The van der Waals surface area contributed by atoms with Gasteiger partial charge in [0.2, 0.25) is 0 Å². The van der Waals surface area contributed by atoms with Crippen LogP contribution in [0.2, 0.25) is 5.02 Å². The third-order valence-corrected chi connectivity index (χ3v) is 5.68. The second-order valence-electron chi connectivity index (χ2n) is 6.37. The van der Waals surface area contributed by atoms with Gasteiger partial charge < -0.3 is 14.8 Å². The van der Waals surface area contributed by atoms with E-state index in [-0.39, 0.29) is 6.61 Å². The van der Waals surface area contributed by atoms with Crippen molar-refractivity contribution in [1.82, 2.24) is 0 Å². The lowest BCUT2D eigenvalue weighted by Crippen LogP contribution is -2.22. The number of halogens is 1. The summed E-state index contributed by atoms with van der Waals surface area (Å²) in [6.45, 7) is 1.85. The molecule has 0 bridgehead atoms. The van der Waals surface area contributed by atoms with Gasteiger partial charge in [0.1, 0.15) is 5.75 Å². The van der Waals surface area contributed by atoms with Crippen LogP contribution in [0, 0.1) is 5.92 Å². The Morgan fingerprint density at radius 2 is 2.19 bits per heavy atom. The SMILES string of the molecule is COc1ccc(Cl)cc1NC(=O)COC(=O)c1csc2c1CC[C@@H](C)C2. The number of benzene rings is 1. The summed E-state index contributed by atoms with van der Waals surface area (Å²) in [5.74, 6) is 0.223. The molecule has 3 rings (SSSR count). The summed E-state index contributed by atoms with van der Waals surface area (Å²) in [5, 5.41) is 4.95. The van der Waals surface area contributed by atoms with Crippen molar-refractivity contribution in [1.29, 1.82) is 0 Å². The van der Waals surface area contributed by atoms with Gasteiger partial charge in [0, 0.05) is 15.3 Å². The molecule has 1 N–H and O–H groups in total. The number of hydrogen-bond donors (Lipinski definition) is 1. The van der Waals surface area contributed by atoms with Crippen molar-refractivity contribution in [2.24, 2.45) is 5.92 Å². The Morgan fingerprint density at radius 1 is 1.38 bits per heavy atom. The number of esters is 1. The van der Waals surface area contributed by atoms with Crippen LogP contribution in [0.4, 0.5) is 5.69 Å². The summed E-state index contributed by atoms with van der Waals surface area (Å²) in [4.78, 5) is 25.7. The highest BCUT2D eigenvalue weighted by Crippen LogP contribution is 2.33. The number of ether oxygens (including phenoxy) is 2. The van der Waals surface area contributed by atoms with E-state index in [4.69, 9.17) is 21.1 Å². The summed E-state index contributed by atoms with van der Waals surface area (Å²) >= 11 is 7.53. The van der Waals surface area contributed by atoms with Crippen LogP contribution in [-0.4, -0.2) is 25.6 Å². The molecule has 1 atom stereocenters. The molecule has 0 radical (unpaired) electrons. The fourth-order valence-electron chi connectivity index (χ4n) is 3.02. The second kappa shape index (κ2) is 8.10. The number of amides is 1. The highest BCUT2D eigenvalue weighted by molar-refractivity contribution is 7.10. The smallest absolute Gasteiger partial charge is 0.339 e. The molecule has 1 amide bonds. The minimum Gasteiger partial charge on any atom is -0.495 e. The molecule has 7 heteroatoms. The van der Waals surface area contributed by atoms with E-state index in [0.717, 1.165) is 24.8 Å². The lowest BCUT2D eigenvalue weighted by atomic mass is 9.88. The third-order valence-electron chi connectivity index (χ3n) is 4.39. The highest BCUT2D eigenvalue weighted by atomic mass is 35.5. The molecule has 0 spiro atoms. The first-order chi connectivity index (χ1) is 12.5. The summed E-state index contributed by atoms with van der Waals surface area (Å²) in [6, 6.07) is 4.90. The van der Waals surface area contributed by atoms with Gasteiger partial charge in [-0.1, -0.05) is 18.5 Å². The lowest BCUT2D eigenvalue weighted by molar-refractivity contribution is -0.119. The van der Waals surface area contributed by atoms with Crippen LogP contribution in [0.25, 0.3) is 0 Å². The average molecular weight is 394 g/mol. The Balaban J connectivity index is 1.60. The number of carbonyl (C=O) groups excluding carboxylic acids is 2. The summed E-state index contributed by atoms with van der Waals surface area (Å²) < 4.78 is 10.4. The molecule has 1 aromatic heterocycles. The standard InChI is InChI=1S/C19H20ClNO4S/c1-11-3-5-13-14(10-26-17(13)7-11)19(23)25-9-18(22)21-15-8-12(20)4-6-16(15)24-2/h4,6,8,10-11H,3,5,7,9H2,1-2H3,(H,21,22)/t11-/m1/s1. The topological polar surface area (TPSA) is 64.6 Å². The van der Waals surface area contributed by atoms with E-state index in [9.17, 15) is 9.59 Å². The maximum absolute atomic E-state index is 12.4. The zero-order valence-corrected chi connectivity index (χ0v) is 16.2. The number of rotatable bonds is 5. The van der Waals surface area contributed by atoms with Gasteiger partial charge in [0.25, 0.3) is 5.91 Å². The van der Waals surface area contributed by atoms with E-state index >= 15 is 0 Å². The van der Waals surface area contributed by atoms with Gasteiger partial charge in [0.15, 0.2) is 6.61 Å². The zero-order chi connectivity index (χ0) is 18.7. The molecule has 0 saturated carbocycles. The van der Waals surface area contributed by atoms with Crippen LogP contribution in [0.1, 0.15) is 34.1 Å². The van der Waals surface area contributed by atoms with Gasteiger partial charge in [-0.25, -0.2) is 4.79 Å². The maximum Gasteiger partial charge on any atom is 0.339 e. The number of hydrogen-bond acceptors (Lipinski definition) is 5. The molecule has 138 valence electrons. The molecular formula is C19H20ClNO4S. The first-order valence-corrected chi connectivity index (χ1v) is 9.63. The van der Waals surface area contributed by atoms with E-state index in [1.165, 1.54) is 12.0 Å². The number of anilines is 1. The number of nitrogens with one attached hydrogen (secondary N) is 1. The van der Waals surface area contributed by atoms with E-state index in [1.54, 1.807) is 29.5 Å². The first kappa shape index (κ1) is 18.7. The molecule has 2 aromatic rings. The predicted molar refractivity (Wildman–Crippen MR) is 102 cm³/mol. The molecule has 5 nitrogen and oxygen atoms in total. The molecule has 0 saturated heterocycles. The Hall–Kier alpha value is -2.05. The number of carbonyl (C=O) groups is 2. The molecule has 1 aliphatic rings. The quantitative estimate of drug-likeness (QED) is 0.768. The molecule has 26 heavy (non-hydrogen) atoms. The maximum atomic E-state index is 12.4. The second-order valence-corrected chi connectivity index (χ2v) is 7.77. The Kier molecular flexibility index (Phi) is 5.84. The van der Waals surface area contributed by atoms with Gasteiger partial charge in [-0.05, 0) is 48.9 Å². The third kappa shape index (κ3) is 4.19. The molecule has 0 aliphatic heterocycles. The van der Waals surface area contributed by atoms with Gasteiger partial charge in [-0.2, -0.15) is 0 Å². The van der Waals surface area contributed by atoms with Crippen molar-refractivity contribution in [3.63, 3.8) is 0 Å². The van der Waals surface area contributed by atoms with Gasteiger partial charge >= 0.3 is 5.97 Å². The first-order valence-electron chi connectivity index (χ1n) is 8.37. The average Bonchev–Trinajstić information content (AvgIpc) is 3.03. The molecular weight excluding hydrogens is 374 g/mol. The molecule has 1 aromatic carbocycles. The number of methoxy groups -OCH3 is 1. The van der Waals surface area contributed by atoms with Crippen molar-refractivity contribution in [2.75, 3.05) is 19.0 Å². The minimum atomic E-state index is -0.453. The van der Waals surface area contributed by atoms with Crippen molar-refractivity contribution in [2.45, 2.75) is 26.2 Å². The van der Waals surface area contributed by atoms with Crippen LogP contribution in [0.15, 0.2) is 23.6 Å². The van der Waals surface area contributed by atoms with Crippen LogP contribution in [0.3, 0.4) is 0 Å². The van der Waals surface area contributed by atoms with Crippen molar-refractivity contribution < 1.29 is 19.1 Å². The van der Waals surface area contributed by atoms with Crippen molar-refractivity contribution in [3.05, 3.63) is 44.6 Å². The largest absolute Gasteiger partial charge is 0.495 e. The normalized spacial score (nSPS) is 15.9.